The van der Waals surface area contributed by atoms with Gasteiger partial charge in [0.05, 0.1) is 6.26 Å². The van der Waals surface area contributed by atoms with Crippen LogP contribution >= 0.6 is 24.0 Å². The van der Waals surface area contributed by atoms with Gasteiger partial charge in [-0.15, -0.1) is 30.4 Å². The summed E-state index contributed by atoms with van der Waals surface area (Å²) in [5, 5.41) is 9.05. The number of carbonyl (C=O) groups is 1. The molecule has 26 heavy (non-hydrogen) atoms. The van der Waals surface area contributed by atoms with Gasteiger partial charge in [0, 0.05) is 30.8 Å². The SMILES string of the molecule is C#Cc1cccc(NC(=O)CN=C(NCC)NCCc2ccco2)c1.I. The number of aliphatic imine (C=N–C) groups is 1. The molecule has 0 unspecified atom stereocenters. The second kappa shape index (κ2) is 12.0. The first kappa shape index (κ1) is 21.6. The van der Waals surface area contributed by atoms with Gasteiger partial charge in [-0.05, 0) is 37.3 Å². The molecule has 1 amide bonds. The number of rotatable bonds is 7. The Hall–Kier alpha value is -2.47. The molecule has 7 heteroatoms. The van der Waals surface area contributed by atoms with E-state index in [1.54, 1.807) is 30.5 Å². The quantitative estimate of drug-likeness (QED) is 0.254. The van der Waals surface area contributed by atoms with E-state index in [1.165, 1.54) is 0 Å². The molecule has 0 aliphatic heterocycles. The zero-order valence-electron chi connectivity index (χ0n) is 14.6. The van der Waals surface area contributed by atoms with Crippen LogP contribution in [0.4, 0.5) is 5.69 Å². The summed E-state index contributed by atoms with van der Waals surface area (Å²) >= 11 is 0. The largest absolute Gasteiger partial charge is 0.469 e. The highest BCUT2D eigenvalue weighted by Gasteiger charge is 2.04. The van der Waals surface area contributed by atoms with Crippen molar-refractivity contribution in [2.75, 3.05) is 25.0 Å². The molecule has 0 aliphatic rings. The molecule has 1 aromatic carbocycles. The number of anilines is 1. The summed E-state index contributed by atoms with van der Waals surface area (Å²) in [6.07, 6.45) is 7.74. The summed E-state index contributed by atoms with van der Waals surface area (Å²) in [5.74, 6) is 3.81. The summed E-state index contributed by atoms with van der Waals surface area (Å²) in [7, 11) is 0. The fourth-order valence-electron chi connectivity index (χ4n) is 2.14. The second-order valence-corrected chi connectivity index (χ2v) is 5.22. The Balaban J connectivity index is 0.00000338. The Labute approximate surface area is 170 Å². The van der Waals surface area contributed by atoms with Gasteiger partial charge < -0.3 is 20.4 Å². The van der Waals surface area contributed by atoms with E-state index in [9.17, 15) is 4.79 Å². The fourth-order valence-corrected chi connectivity index (χ4v) is 2.14. The lowest BCUT2D eigenvalue weighted by molar-refractivity contribution is -0.114. The number of halogens is 1. The van der Waals surface area contributed by atoms with Crippen molar-refractivity contribution in [2.45, 2.75) is 13.3 Å². The van der Waals surface area contributed by atoms with Gasteiger partial charge in [-0.1, -0.05) is 12.0 Å². The maximum Gasteiger partial charge on any atom is 0.246 e. The van der Waals surface area contributed by atoms with Gasteiger partial charge in [0.15, 0.2) is 5.96 Å². The van der Waals surface area contributed by atoms with E-state index in [0.717, 1.165) is 12.2 Å². The van der Waals surface area contributed by atoms with Crippen molar-refractivity contribution in [3.05, 3.63) is 54.0 Å². The van der Waals surface area contributed by atoms with Gasteiger partial charge in [-0.2, -0.15) is 0 Å². The van der Waals surface area contributed by atoms with Crippen molar-refractivity contribution < 1.29 is 9.21 Å². The van der Waals surface area contributed by atoms with Crippen LogP contribution in [0, 0.1) is 12.3 Å². The molecule has 0 bridgehead atoms. The molecular weight excluding hydrogens is 443 g/mol. The molecule has 2 aromatic rings. The molecule has 1 aromatic heterocycles. The number of hydrogen-bond donors (Lipinski definition) is 3. The van der Waals surface area contributed by atoms with Crippen molar-refractivity contribution in [1.82, 2.24) is 10.6 Å². The standard InChI is InChI=1S/C19H22N4O2.HI/c1-3-15-7-5-8-16(13-15)23-18(24)14-22-19(20-4-2)21-11-10-17-9-6-12-25-17;/h1,5-9,12-13H,4,10-11,14H2,2H3,(H,23,24)(H2,20,21,22);1H. The predicted octanol–water partition coefficient (Wildman–Crippen LogP) is 2.62. The van der Waals surface area contributed by atoms with E-state index >= 15 is 0 Å². The van der Waals surface area contributed by atoms with Crippen LogP contribution in [0.2, 0.25) is 0 Å². The maximum atomic E-state index is 12.0. The fraction of sp³-hybridized carbons (Fsp3) is 0.263. The Kier molecular flexibility index (Phi) is 9.94. The van der Waals surface area contributed by atoms with Gasteiger partial charge in [-0.25, -0.2) is 4.99 Å². The molecular formula is C19H23IN4O2. The lowest BCUT2D eigenvalue weighted by Crippen LogP contribution is -2.39. The molecule has 0 radical (unpaired) electrons. The van der Waals surface area contributed by atoms with Crippen LogP contribution in [0.25, 0.3) is 0 Å². The number of guanidine groups is 1. The van der Waals surface area contributed by atoms with Crippen LogP contribution in [-0.4, -0.2) is 31.5 Å². The van der Waals surface area contributed by atoms with Crippen molar-refractivity contribution in [2.24, 2.45) is 4.99 Å². The van der Waals surface area contributed by atoms with E-state index in [-0.39, 0.29) is 36.4 Å². The average Bonchev–Trinajstić information content (AvgIpc) is 3.13. The molecule has 0 atom stereocenters. The molecule has 138 valence electrons. The third kappa shape index (κ3) is 7.61. The molecule has 0 aliphatic carbocycles. The number of benzene rings is 1. The van der Waals surface area contributed by atoms with Gasteiger partial charge in [-0.3, -0.25) is 4.79 Å². The first-order valence-corrected chi connectivity index (χ1v) is 8.12. The molecule has 0 saturated heterocycles. The molecule has 0 spiro atoms. The van der Waals surface area contributed by atoms with Gasteiger partial charge >= 0.3 is 0 Å². The topological polar surface area (TPSA) is 78.7 Å². The van der Waals surface area contributed by atoms with Crippen molar-refractivity contribution in [1.29, 1.82) is 0 Å². The summed E-state index contributed by atoms with van der Waals surface area (Å²) in [4.78, 5) is 16.3. The van der Waals surface area contributed by atoms with Crippen LogP contribution in [-0.2, 0) is 11.2 Å². The molecule has 0 fully saturated rings. The zero-order valence-corrected chi connectivity index (χ0v) is 16.9. The monoisotopic (exact) mass is 466 g/mol. The minimum absolute atomic E-state index is 0. The highest BCUT2D eigenvalue weighted by atomic mass is 127. The summed E-state index contributed by atoms with van der Waals surface area (Å²) < 4.78 is 5.28. The van der Waals surface area contributed by atoms with Crippen molar-refractivity contribution >= 4 is 41.5 Å². The number of carbonyl (C=O) groups excluding carboxylic acids is 1. The van der Waals surface area contributed by atoms with Crippen LogP contribution in [0.3, 0.4) is 0 Å². The molecule has 6 nitrogen and oxygen atoms in total. The molecule has 0 saturated carbocycles. The van der Waals surface area contributed by atoms with E-state index in [2.05, 4.69) is 26.9 Å². The lowest BCUT2D eigenvalue weighted by Gasteiger charge is -2.10. The van der Waals surface area contributed by atoms with Gasteiger partial charge in [0.2, 0.25) is 5.91 Å². The third-order valence-electron chi connectivity index (χ3n) is 3.28. The van der Waals surface area contributed by atoms with Crippen molar-refractivity contribution in [3.63, 3.8) is 0 Å². The average molecular weight is 466 g/mol. The normalized spacial score (nSPS) is 10.4. The van der Waals surface area contributed by atoms with E-state index in [0.29, 0.717) is 30.3 Å². The highest BCUT2D eigenvalue weighted by molar-refractivity contribution is 14.0. The molecule has 3 N–H and O–H groups in total. The number of terminal acetylenes is 1. The number of nitrogens with one attached hydrogen (secondary N) is 3. The minimum Gasteiger partial charge on any atom is -0.469 e. The smallest absolute Gasteiger partial charge is 0.246 e. The number of hydrogen-bond acceptors (Lipinski definition) is 3. The van der Waals surface area contributed by atoms with E-state index in [4.69, 9.17) is 10.8 Å². The van der Waals surface area contributed by atoms with Crippen LogP contribution < -0.4 is 16.0 Å². The van der Waals surface area contributed by atoms with E-state index in [1.807, 2.05) is 19.1 Å². The van der Waals surface area contributed by atoms with Crippen LogP contribution in [0.15, 0.2) is 52.1 Å². The third-order valence-corrected chi connectivity index (χ3v) is 3.28. The number of amides is 1. The number of furan rings is 1. The Morgan fingerprint density at radius 3 is 2.81 bits per heavy atom. The summed E-state index contributed by atoms with van der Waals surface area (Å²) in [5.41, 5.74) is 1.38. The van der Waals surface area contributed by atoms with Crippen LogP contribution in [0.5, 0.6) is 0 Å². The maximum absolute atomic E-state index is 12.0. The molecule has 2 rings (SSSR count). The Morgan fingerprint density at radius 1 is 1.27 bits per heavy atom. The summed E-state index contributed by atoms with van der Waals surface area (Å²) in [6, 6.07) is 10.9. The first-order valence-electron chi connectivity index (χ1n) is 8.12. The minimum atomic E-state index is -0.211. The highest BCUT2D eigenvalue weighted by Crippen LogP contribution is 2.09. The number of nitrogens with zero attached hydrogens (tertiary/aromatic N) is 1. The predicted molar refractivity (Wildman–Crippen MR) is 115 cm³/mol. The van der Waals surface area contributed by atoms with Crippen molar-refractivity contribution in [3.8, 4) is 12.3 Å². The Bertz CT molecular complexity index is 751. The lowest BCUT2D eigenvalue weighted by atomic mass is 10.2. The molecule has 1 heterocycles. The van der Waals surface area contributed by atoms with Gasteiger partial charge in [0.25, 0.3) is 0 Å². The van der Waals surface area contributed by atoms with E-state index < -0.39 is 0 Å². The summed E-state index contributed by atoms with van der Waals surface area (Å²) in [6.45, 7) is 3.34. The zero-order chi connectivity index (χ0) is 17.9. The van der Waals surface area contributed by atoms with Gasteiger partial charge in [0.1, 0.15) is 12.3 Å². The van der Waals surface area contributed by atoms with Crippen LogP contribution in [0.1, 0.15) is 18.2 Å². The first-order chi connectivity index (χ1) is 12.2. The second-order valence-electron chi connectivity index (χ2n) is 5.22. The Morgan fingerprint density at radius 2 is 2.12 bits per heavy atom.